The van der Waals surface area contributed by atoms with Crippen LogP contribution in [0.2, 0.25) is 0 Å². The van der Waals surface area contributed by atoms with Crippen LogP contribution in [0.4, 0.5) is 0 Å². The summed E-state index contributed by atoms with van der Waals surface area (Å²) in [5, 5.41) is 2.26. The summed E-state index contributed by atoms with van der Waals surface area (Å²) < 4.78 is 10.9. The summed E-state index contributed by atoms with van der Waals surface area (Å²) in [5.74, 6) is 1.71. The first-order valence-corrected chi connectivity index (χ1v) is 9.05. The van der Waals surface area contributed by atoms with Gasteiger partial charge in [0.1, 0.15) is 11.5 Å². The van der Waals surface area contributed by atoms with Crippen molar-refractivity contribution in [2.24, 2.45) is 0 Å². The lowest BCUT2D eigenvalue weighted by Crippen LogP contribution is -2.27. The van der Waals surface area contributed by atoms with E-state index < -0.39 is 0 Å². The average molecular weight is 363 g/mol. The molecule has 0 saturated carbocycles. The second kappa shape index (κ2) is 8.58. The van der Waals surface area contributed by atoms with E-state index >= 15 is 0 Å². The maximum atomic E-state index is 12.4. The number of aryl methyl sites for hydroxylation is 1. The Labute approximate surface area is 160 Å². The fourth-order valence-electron chi connectivity index (χ4n) is 3.01. The second-order valence-corrected chi connectivity index (χ2v) is 6.71. The van der Waals surface area contributed by atoms with E-state index in [1.54, 1.807) is 12.0 Å². The lowest BCUT2D eigenvalue weighted by atomic mass is 10.1. The van der Waals surface area contributed by atoms with Crippen molar-refractivity contribution in [1.82, 2.24) is 4.90 Å². The number of amides is 1. The number of hydrogen-bond donors (Lipinski definition) is 0. The Hall–Kier alpha value is -3.01. The first-order chi connectivity index (χ1) is 13.0. The van der Waals surface area contributed by atoms with E-state index in [0.29, 0.717) is 19.6 Å². The zero-order valence-corrected chi connectivity index (χ0v) is 16.1. The van der Waals surface area contributed by atoms with Crippen LogP contribution in [0, 0.1) is 6.92 Å². The SMILES string of the molecule is COc1ccc2cc(CN(C)C(=O)CCOc3cccc(C)c3)ccc2c1. The highest BCUT2D eigenvalue weighted by atomic mass is 16.5. The van der Waals surface area contributed by atoms with E-state index in [-0.39, 0.29) is 5.91 Å². The Balaban J connectivity index is 1.55. The zero-order valence-electron chi connectivity index (χ0n) is 16.1. The molecule has 3 aromatic carbocycles. The van der Waals surface area contributed by atoms with Crippen molar-refractivity contribution in [1.29, 1.82) is 0 Å². The van der Waals surface area contributed by atoms with Gasteiger partial charge in [0, 0.05) is 13.6 Å². The number of fused-ring (bicyclic) bond motifs is 1. The Bertz CT molecular complexity index is 936. The third-order valence-electron chi connectivity index (χ3n) is 4.53. The highest BCUT2D eigenvalue weighted by molar-refractivity contribution is 5.84. The molecule has 0 radical (unpaired) electrons. The molecule has 0 aromatic heterocycles. The molecule has 0 fully saturated rings. The zero-order chi connectivity index (χ0) is 19.2. The molecule has 0 atom stereocenters. The molecule has 4 heteroatoms. The number of ether oxygens (including phenoxy) is 2. The van der Waals surface area contributed by atoms with Crippen molar-refractivity contribution < 1.29 is 14.3 Å². The number of carbonyl (C=O) groups excluding carboxylic acids is 1. The first-order valence-electron chi connectivity index (χ1n) is 9.05. The third-order valence-corrected chi connectivity index (χ3v) is 4.53. The molecule has 0 aliphatic carbocycles. The number of benzene rings is 3. The van der Waals surface area contributed by atoms with E-state index in [4.69, 9.17) is 9.47 Å². The van der Waals surface area contributed by atoms with E-state index in [0.717, 1.165) is 33.4 Å². The molecule has 0 unspecified atom stereocenters. The Morgan fingerprint density at radius 3 is 2.52 bits per heavy atom. The molecule has 0 aliphatic heterocycles. The molecular weight excluding hydrogens is 338 g/mol. The van der Waals surface area contributed by atoms with Gasteiger partial charge in [-0.15, -0.1) is 0 Å². The van der Waals surface area contributed by atoms with E-state index in [1.165, 1.54) is 0 Å². The smallest absolute Gasteiger partial charge is 0.226 e. The summed E-state index contributed by atoms with van der Waals surface area (Å²) in [6.45, 7) is 2.97. The van der Waals surface area contributed by atoms with Crippen molar-refractivity contribution in [3.63, 3.8) is 0 Å². The molecular formula is C23H25NO3. The molecule has 0 bridgehead atoms. The van der Waals surface area contributed by atoms with Gasteiger partial charge >= 0.3 is 0 Å². The third kappa shape index (κ3) is 5.00. The van der Waals surface area contributed by atoms with Crippen molar-refractivity contribution >= 4 is 16.7 Å². The monoisotopic (exact) mass is 363 g/mol. The largest absolute Gasteiger partial charge is 0.497 e. The fourth-order valence-corrected chi connectivity index (χ4v) is 3.01. The lowest BCUT2D eigenvalue weighted by Gasteiger charge is -2.18. The average Bonchev–Trinajstić information content (AvgIpc) is 2.67. The van der Waals surface area contributed by atoms with Gasteiger partial charge in [0.15, 0.2) is 0 Å². The van der Waals surface area contributed by atoms with Crippen LogP contribution in [0.15, 0.2) is 60.7 Å². The van der Waals surface area contributed by atoms with Crippen LogP contribution in [0.1, 0.15) is 17.5 Å². The predicted molar refractivity (Wildman–Crippen MR) is 108 cm³/mol. The number of rotatable bonds is 7. The first kappa shape index (κ1) is 18.8. The summed E-state index contributed by atoms with van der Waals surface area (Å²) in [6.07, 6.45) is 0.356. The quantitative estimate of drug-likeness (QED) is 0.616. The van der Waals surface area contributed by atoms with Gasteiger partial charge in [0.05, 0.1) is 20.1 Å². The Morgan fingerprint density at radius 2 is 1.74 bits per heavy atom. The maximum absolute atomic E-state index is 12.4. The molecule has 1 amide bonds. The lowest BCUT2D eigenvalue weighted by molar-refractivity contribution is -0.130. The molecule has 4 nitrogen and oxygen atoms in total. The summed E-state index contributed by atoms with van der Waals surface area (Å²) in [7, 11) is 3.49. The van der Waals surface area contributed by atoms with Gasteiger partial charge < -0.3 is 14.4 Å². The summed E-state index contributed by atoms with van der Waals surface area (Å²) >= 11 is 0. The number of methoxy groups -OCH3 is 1. The Kier molecular flexibility index (Phi) is 5.97. The van der Waals surface area contributed by atoms with Crippen molar-refractivity contribution in [2.75, 3.05) is 20.8 Å². The second-order valence-electron chi connectivity index (χ2n) is 6.71. The van der Waals surface area contributed by atoms with E-state index in [2.05, 4.69) is 18.2 Å². The van der Waals surface area contributed by atoms with Crippen molar-refractivity contribution in [2.45, 2.75) is 19.9 Å². The molecule has 0 N–H and O–H groups in total. The molecule has 3 rings (SSSR count). The van der Waals surface area contributed by atoms with E-state index in [1.807, 2.05) is 56.4 Å². The van der Waals surface area contributed by atoms with Gasteiger partial charge in [0.25, 0.3) is 0 Å². The Morgan fingerprint density at radius 1 is 0.963 bits per heavy atom. The van der Waals surface area contributed by atoms with Gasteiger partial charge in [-0.25, -0.2) is 0 Å². The number of nitrogens with zero attached hydrogens (tertiary/aromatic N) is 1. The molecule has 140 valence electrons. The summed E-state index contributed by atoms with van der Waals surface area (Å²) in [5.41, 5.74) is 2.24. The van der Waals surface area contributed by atoms with Crippen LogP contribution >= 0.6 is 0 Å². The molecule has 0 spiro atoms. The van der Waals surface area contributed by atoms with Gasteiger partial charge in [-0.05, 0) is 59.2 Å². The van der Waals surface area contributed by atoms with Crippen LogP contribution < -0.4 is 9.47 Å². The minimum Gasteiger partial charge on any atom is -0.497 e. The molecule has 0 saturated heterocycles. The minimum absolute atomic E-state index is 0.0671. The van der Waals surface area contributed by atoms with Crippen molar-refractivity contribution in [3.05, 3.63) is 71.8 Å². The summed E-state index contributed by atoms with van der Waals surface area (Å²) in [4.78, 5) is 14.1. The van der Waals surface area contributed by atoms with Crippen molar-refractivity contribution in [3.8, 4) is 11.5 Å². The topological polar surface area (TPSA) is 38.8 Å². The van der Waals surface area contributed by atoms with Crippen LogP contribution in [0.3, 0.4) is 0 Å². The van der Waals surface area contributed by atoms with Gasteiger partial charge in [-0.1, -0.05) is 30.3 Å². The number of hydrogen-bond acceptors (Lipinski definition) is 3. The standard InChI is InChI=1S/C23H25NO3/c1-17-5-4-6-22(13-17)27-12-11-23(25)24(2)16-18-7-8-20-15-21(26-3)10-9-19(20)14-18/h4-10,13-15H,11-12,16H2,1-3H3. The molecule has 27 heavy (non-hydrogen) atoms. The van der Waals surface area contributed by atoms with Gasteiger partial charge in [0.2, 0.25) is 5.91 Å². The van der Waals surface area contributed by atoms with Crippen LogP contribution in [0.5, 0.6) is 11.5 Å². The number of carbonyl (C=O) groups is 1. The van der Waals surface area contributed by atoms with Crippen LogP contribution in [0.25, 0.3) is 10.8 Å². The predicted octanol–water partition coefficient (Wildman–Crippen LogP) is 4.58. The van der Waals surface area contributed by atoms with Crippen LogP contribution in [-0.4, -0.2) is 31.6 Å². The molecule has 3 aromatic rings. The maximum Gasteiger partial charge on any atom is 0.226 e. The molecule has 0 heterocycles. The van der Waals surface area contributed by atoms with Crippen LogP contribution in [-0.2, 0) is 11.3 Å². The van der Waals surface area contributed by atoms with Gasteiger partial charge in [-0.2, -0.15) is 0 Å². The van der Waals surface area contributed by atoms with Gasteiger partial charge in [-0.3, -0.25) is 4.79 Å². The van der Waals surface area contributed by atoms with E-state index in [9.17, 15) is 4.79 Å². The molecule has 0 aliphatic rings. The normalized spacial score (nSPS) is 10.6. The fraction of sp³-hybridized carbons (Fsp3) is 0.261. The highest BCUT2D eigenvalue weighted by Crippen LogP contribution is 2.22. The summed E-state index contributed by atoms with van der Waals surface area (Å²) in [6, 6.07) is 20.1. The highest BCUT2D eigenvalue weighted by Gasteiger charge is 2.10. The minimum atomic E-state index is 0.0671.